The Hall–Kier alpha value is -0.920. The number of pyridine rings is 1. The molecule has 2 heterocycles. The molecule has 2 rings (SSSR count). The highest BCUT2D eigenvalue weighted by Crippen LogP contribution is 2.33. The molecule has 1 aliphatic heterocycles. The summed E-state index contributed by atoms with van der Waals surface area (Å²) in [4.78, 5) is 17.4. The van der Waals surface area contributed by atoms with Gasteiger partial charge in [-0.25, -0.2) is 9.37 Å². The third-order valence-electron chi connectivity index (χ3n) is 3.58. The Kier molecular flexibility index (Phi) is 4.27. The zero-order valence-electron chi connectivity index (χ0n) is 10.8. The van der Waals surface area contributed by atoms with Gasteiger partial charge in [-0.05, 0) is 55.3 Å². The SMILES string of the molecule is C[C@@H]1CC(C(=O)O)C[C@@H](C)N1c1ncc(F)cc1I. The first-order chi connectivity index (χ1) is 8.90. The largest absolute Gasteiger partial charge is 0.481 e. The van der Waals surface area contributed by atoms with E-state index in [0.717, 1.165) is 9.39 Å². The predicted octanol–water partition coefficient (Wildman–Crippen LogP) is 2.90. The summed E-state index contributed by atoms with van der Waals surface area (Å²) in [5, 5.41) is 9.14. The van der Waals surface area contributed by atoms with E-state index in [0.29, 0.717) is 12.8 Å². The lowest BCUT2D eigenvalue weighted by Gasteiger charge is -2.42. The second-order valence-corrected chi connectivity index (χ2v) is 6.23. The van der Waals surface area contributed by atoms with Crippen LogP contribution in [-0.4, -0.2) is 28.1 Å². The molecule has 0 aliphatic carbocycles. The van der Waals surface area contributed by atoms with Crippen LogP contribution in [0, 0.1) is 15.3 Å². The van der Waals surface area contributed by atoms with Gasteiger partial charge in [0.1, 0.15) is 11.6 Å². The van der Waals surface area contributed by atoms with E-state index in [-0.39, 0.29) is 23.8 Å². The predicted molar refractivity (Wildman–Crippen MR) is 78.7 cm³/mol. The second-order valence-electron chi connectivity index (χ2n) is 5.07. The number of carboxylic acids is 1. The first kappa shape index (κ1) is 14.5. The quantitative estimate of drug-likeness (QED) is 0.805. The Morgan fingerprint density at radius 1 is 1.47 bits per heavy atom. The van der Waals surface area contributed by atoms with Crippen LogP contribution in [0.1, 0.15) is 26.7 Å². The molecule has 0 amide bonds. The minimum absolute atomic E-state index is 0.0799. The van der Waals surface area contributed by atoms with Gasteiger partial charge in [-0.3, -0.25) is 4.79 Å². The topological polar surface area (TPSA) is 53.4 Å². The monoisotopic (exact) mass is 378 g/mol. The lowest BCUT2D eigenvalue weighted by atomic mass is 9.87. The molecule has 104 valence electrons. The molecule has 0 spiro atoms. The smallest absolute Gasteiger partial charge is 0.306 e. The summed E-state index contributed by atoms with van der Waals surface area (Å²) >= 11 is 2.07. The third kappa shape index (κ3) is 2.98. The molecule has 0 unspecified atom stereocenters. The molecule has 1 N–H and O–H groups in total. The third-order valence-corrected chi connectivity index (χ3v) is 4.38. The number of halogens is 2. The molecule has 0 saturated carbocycles. The highest BCUT2D eigenvalue weighted by Gasteiger charge is 2.35. The highest BCUT2D eigenvalue weighted by atomic mass is 127. The standard InChI is InChI=1S/C13H16FIN2O2/c1-7-3-9(13(18)19)4-8(2)17(7)12-11(15)5-10(14)6-16-12/h5-9H,3-4H2,1-2H3,(H,18,19)/t7-,8-/m1/s1. The van der Waals surface area contributed by atoms with Crippen molar-refractivity contribution in [2.75, 3.05) is 4.90 Å². The van der Waals surface area contributed by atoms with Crippen LogP contribution in [0.2, 0.25) is 0 Å². The van der Waals surface area contributed by atoms with Gasteiger partial charge < -0.3 is 10.0 Å². The number of hydrogen-bond donors (Lipinski definition) is 1. The number of piperidine rings is 1. The van der Waals surface area contributed by atoms with Crippen LogP contribution in [0.25, 0.3) is 0 Å². The van der Waals surface area contributed by atoms with Gasteiger partial charge in [0.2, 0.25) is 0 Å². The van der Waals surface area contributed by atoms with Crippen LogP contribution in [-0.2, 0) is 4.79 Å². The maximum atomic E-state index is 13.1. The summed E-state index contributed by atoms with van der Waals surface area (Å²) in [7, 11) is 0. The first-order valence-corrected chi connectivity index (χ1v) is 7.30. The number of hydrogen-bond acceptors (Lipinski definition) is 3. The van der Waals surface area contributed by atoms with Crippen molar-refractivity contribution in [2.24, 2.45) is 5.92 Å². The lowest BCUT2D eigenvalue weighted by Crippen LogP contribution is -2.49. The Morgan fingerprint density at radius 3 is 2.53 bits per heavy atom. The van der Waals surface area contributed by atoms with Gasteiger partial charge in [-0.1, -0.05) is 0 Å². The summed E-state index contributed by atoms with van der Waals surface area (Å²) < 4.78 is 13.9. The van der Waals surface area contributed by atoms with Gasteiger partial charge in [0.25, 0.3) is 0 Å². The van der Waals surface area contributed by atoms with Crippen LogP contribution in [0.15, 0.2) is 12.3 Å². The van der Waals surface area contributed by atoms with E-state index in [9.17, 15) is 9.18 Å². The molecule has 1 aliphatic rings. The summed E-state index contributed by atoms with van der Waals surface area (Å²) in [5.74, 6) is -0.654. The summed E-state index contributed by atoms with van der Waals surface area (Å²) in [5.41, 5.74) is 0. The summed E-state index contributed by atoms with van der Waals surface area (Å²) in [6.07, 6.45) is 2.39. The molecule has 1 saturated heterocycles. The number of carboxylic acid groups (broad SMARTS) is 1. The fourth-order valence-corrected chi connectivity index (χ4v) is 3.51. The van der Waals surface area contributed by atoms with E-state index < -0.39 is 5.97 Å². The van der Waals surface area contributed by atoms with Crippen molar-refractivity contribution in [3.8, 4) is 0 Å². The molecule has 2 atom stereocenters. The van der Waals surface area contributed by atoms with Crippen molar-refractivity contribution in [1.29, 1.82) is 0 Å². The molecule has 1 aromatic rings. The highest BCUT2D eigenvalue weighted by molar-refractivity contribution is 14.1. The minimum atomic E-state index is -0.736. The van der Waals surface area contributed by atoms with Gasteiger partial charge in [0.15, 0.2) is 0 Å². The van der Waals surface area contributed by atoms with E-state index in [2.05, 4.69) is 32.5 Å². The maximum Gasteiger partial charge on any atom is 0.306 e. The molecule has 0 bridgehead atoms. The van der Waals surface area contributed by atoms with E-state index in [1.54, 1.807) is 0 Å². The summed E-state index contributed by atoms with van der Waals surface area (Å²) in [6, 6.07) is 1.61. The average molecular weight is 378 g/mol. The molecule has 1 aromatic heterocycles. The molecular formula is C13H16FIN2O2. The van der Waals surface area contributed by atoms with E-state index in [1.165, 1.54) is 12.3 Å². The zero-order chi connectivity index (χ0) is 14.2. The number of aromatic nitrogens is 1. The fourth-order valence-electron chi connectivity index (χ4n) is 2.80. The van der Waals surface area contributed by atoms with Crippen LogP contribution >= 0.6 is 22.6 Å². The van der Waals surface area contributed by atoms with Gasteiger partial charge in [0.05, 0.1) is 15.7 Å². The average Bonchev–Trinajstić information content (AvgIpc) is 2.30. The fraction of sp³-hybridized carbons (Fsp3) is 0.538. The van der Waals surface area contributed by atoms with Gasteiger partial charge in [0, 0.05) is 12.1 Å². The Morgan fingerprint density at radius 2 is 2.05 bits per heavy atom. The first-order valence-electron chi connectivity index (χ1n) is 6.22. The van der Waals surface area contributed by atoms with Gasteiger partial charge in [-0.15, -0.1) is 0 Å². The molecular weight excluding hydrogens is 362 g/mol. The van der Waals surface area contributed by atoms with Crippen molar-refractivity contribution in [3.05, 3.63) is 21.7 Å². The van der Waals surface area contributed by atoms with E-state index >= 15 is 0 Å². The van der Waals surface area contributed by atoms with Crippen molar-refractivity contribution < 1.29 is 14.3 Å². The second kappa shape index (κ2) is 5.60. The van der Waals surface area contributed by atoms with Crippen LogP contribution in [0.4, 0.5) is 10.2 Å². The number of nitrogens with zero attached hydrogens (tertiary/aromatic N) is 2. The van der Waals surface area contributed by atoms with Crippen molar-refractivity contribution in [3.63, 3.8) is 0 Å². The van der Waals surface area contributed by atoms with Crippen molar-refractivity contribution in [2.45, 2.75) is 38.8 Å². The van der Waals surface area contributed by atoms with Crippen LogP contribution < -0.4 is 4.90 Å². The van der Waals surface area contributed by atoms with E-state index in [4.69, 9.17) is 5.11 Å². The number of rotatable bonds is 2. The molecule has 0 radical (unpaired) electrons. The Balaban J connectivity index is 2.27. The lowest BCUT2D eigenvalue weighted by molar-refractivity contribution is -0.143. The zero-order valence-corrected chi connectivity index (χ0v) is 13.0. The molecule has 0 aromatic carbocycles. The molecule has 1 fully saturated rings. The van der Waals surface area contributed by atoms with Crippen LogP contribution in [0.3, 0.4) is 0 Å². The van der Waals surface area contributed by atoms with Crippen LogP contribution in [0.5, 0.6) is 0 Å². The Labute approximate surface area is 125 Å². The maximum absolute atomic E-state index is 13.1. The van der Waals surface area contributed by atoms with Gasteiger partial charge in [-0.2, -0.15) is 0 Å². The Bertz CT molecular complexity index is 486. The van der Waals surface area contributed by atoms with Crippen molar-refractivity contribution >= 4 is 34.4 Å². The number of carbonyl (C=O) groups is 1. The minimum Gasteiger partial charge on any atom is -0.481 e. The number of aliphatic carboxylic acids is 1. The van der Waals surface area contributed by atoms with E-state index in [1.807, 2.05) is 13.8 Å². The molecule has 19 heavy (non-hydrogen) atoms. The number of anilines is 1. The van der Waals surface area contributed by atoms with Gasteiger partial charge >= 0.3 is 5.97 Å². The molecule has 4 nitrogen and oxygen atoms in total. The normalized spacial score (nSPS) is 27.4. The molecule has 6 heteroatoms. The summed E-state index contributed by atoms with van der Waals surface area (Å²) in [6.45, 7) is 3.99. The van der Waals surface area contributed by atoms with Crippen molar-refractivity contribution in [1.82, 2.24) is 4.98 Å².